The maximum absolute atomic E-state index is 12.9. The lowest BCUT2D eigenvalue weighted by atomic mass is 10.2. The molecule has 0 unspecified atom stereocenters. The summed E-state index contributed by atoms with van der Waals surface area (Å²) >= 11 is 0. The lowest BCUT2D eigenvalue weighted by Gasteiger charge is -2.12. The van der Waals surface area contributed by atoms with Crippen LogP contribution in [0.5, 0.6) is 0 Å². The van der Waals surface area contributed by atoms with Crippen LogP contribution in [-0.4, -0.2) is 27.7 Å². The highest BCUT2D eigenvalue weighted by Gasteiger charge is 2.21. The molecule has 1 N–H and O–H groups in total. The number of hydrogen-bond acceptors (Lipinski definition) is 3. The molecule has 1 fully saturated rings. The molecule has 6 heteroatoms. The van der Waals surface area contributed by atoms with Gasteiger partial charge in [0.05, 0.1) is 11.0 Å². The average molecular weight is 273 g/mol. The van der Waals surface area contributed by atoms with E-state index < -0.39 is 15.8 Å². The van der Waals surface area contributed by atoms with Crippen LogP contribution in [0.3, 0.4) is 0 Å². The van der Waals surface area contributed by atoms with E-state index in [9.17, 15) is 12.8 Å². The Morgan fingerprint density at radius 2 is 2.28 bits per heavy atom. The number of ether oxygens (including phenoxy) is 1. The van der Waals surface area contributed by atoms with Crippen molar-refractivity contribution >= 4 is 10.0 Å². The van der Waals surface area contributed by atoms with E-state index >= 15 is 0 Å². The molecule has 18 heavy (non-hydrogen) atoms. The van der Waals surface area contributed by atoms with Crippen LogP contribution in [0.4, 0.5) is 4.39 Å². The van der Waals surface area contributed by atoms with Crippen LogP contribution in [-0.2, 0) is 14.8 Å². The van der Waals surface area contributed by atoms with Gasteiger partial charge in [0.2, 0.25) is 10.0 Å². The summed E-state index contributed by atoms with van der Waals surface area (Å²) in [6.07, 6.45) is 1.77. The number of nitrogens with one attached hydrogen (secondary N) is 1. The van der Waals surface area contributed by atoms with Crippen molar-refractivity contribution in [3.05, 3.63) is 29.6 Å². The smallest absolute Gasteiger partial charge is 0.240 e. The first-order valence-electron chi connectivity index (χ1n) is 5.86. The fourth-order valence-electron chi connectivity index (χ4n) is 2.00. The molecule has 1 atom stereocenters. The minimum atomic E-state index is -3.59. The normalized spacial score (nSPS) is 20.2. The third-order valence-corrected chi connectivity index (χ3v) is 4.54. The van der Waals surface area contributed by atoms with Crippen molar-refractivity contribution in [1.29, 1.82) is 0 Å². The van der Waals surface area contributed by atoms with Gasteiger partial charge in [0.25, 0.3) is 0 Å². The Morgan fingerprint density at radius 3 is 2.89 bits per heavy atom. The van der Waals surface area contributed by atoms with Gasteiger partial charge in [-0.3, -0.25) is 0 Å². The van der Waals surface area contributed by atoms with Gasteiger partial charge in [-0.25, -0.2) is 17.5 Å². The molecule has 1 aromatic carbocycles. The van der Waals surface area contributed by atoms with Crippen molar-refractivity contribution in [3.8, 4) is 0 Å². The second-order valence-corrected chi connectivity index (χ2v) is 6.13. The van der Waals surface area contributed by atoms with Gasteiger partial charge in [0.1, 0.15) is 5.82 Å². The van der Waals surface area contributed by atoms with Gasteiger partial charge < -0.3 is 4.74 Å². The summed E-state index contributed by atoms with van der Waals surface area (Å²) in [7, 11) is -3.59. The van der Waals surface area contributed by atoms with Crippen LogP contribution >= 0.6 is 0 Å². The van der Waals surface area contributed by atoms with Crippen molar-refractivity contribution in [3.63, 3.8) is 0 Å². The van der Waals surface area contributed by atoms with Crippen molar-refractivity contribution in [1.82, 2.24) is 4.72 Å². The quantitative estimate of drug-likeness (QED) is 0.906. The van der Waals surface area contributed by atoms with E-state index in [0.29, 0.717) is 12.2 Å². The summed E-state index contributed by atoms with van der Waals surface area (Å²) < 4.78 is 44.8. The van der Waals surface area contributed by atoms with Crippen molar-refractivity contribution in [2.75, 3.05) is 13.2 Å². The SMILES string of the molecule is Cc1cc(F)ccc1S(=O)(=O)NC[C@H]1CCCO1. The molecular weight excluding hydrogens is 257 g/mol. The lowest BCUT2D eigenvalue weighted by Crippen LogP contribution is -2.32. The molecule has 1 heterocycles. The summed E-state index contributed by atoms with van der Waals surface area (Å²) in [4.78, 5) is 0.113. The topological polar surface area (TPSA) is 55.4 Å². The van der Waals surface area contributed by atoms with Gasteiger partial charge >= 0.3 is 0 Å². The minimum Gasteiger partial charge on any atom is -0.377 e. The Hall–Kier alpha value is -0.980. The Kier molecular flexibility index (Phi) is 3.99. The van der Waals surface area contributed by atoms with E-state index in [4.69, 9.17) is 4.74 Å². The van der Waals surface area contributed by atoms with Crippen LogP contribution in [0.1, 0.15) is 18.4 Å². The number of rotatable bonds is 4. The molecule has 0 bridgehead atoms. The third kappa shape index (κ3) is 3.07. The molecule has 1 aliphatic rings. The maximum atomic E-state index is 12.9. The van der Waals surface area contributed by atoms with Crippen LogP contribution in [0, 0.1) is 12.7 Å². The zero-order chi connectivity index (χ0) is 13.2. The van der Waals surface area contributed by atoms with E-state index in [1.165, 1.54) is 12.1 Å². The third-order valence-electron chi connectivity index (χ3n) is 2.95. The van der Waals surface area contributed by atoms with Crippen LogP contribution in [0.2, 0.25) is 0 Å². The summed E-state index contributed by atoms with van der Waals surface area (Å²) in [5.74, 6) is -0.439. The van der Waals surface area contributed by atoms with E-state index in [-0.39, 0.29) is 17.5 Å². The number of benzene rings is 1. The number of hydrogen-bond donors (Lipinski definition) is 1. The van der Waals surface area contributed by atoms with E-state index in [2.05, 4.69) is 4.72 Å². The molecule has 0 saturated carbocycles. The van der Waals surface area contributed by atoms with Gasteiger partial charge in [0, 0.05) is 13.2 Å². The molecule has 100 valence electrons. The first kappa shape index (κ1) is 13.5. The van der Waals surface area contributed by atoms with Crippen LogP contribution in [0.25, 0.3) is 0 Å². The molecule has 0 radical (unpaired) electrons. The Morgan fingerprint density at radius 1 is 1.50 bits per heavy atom. The maximum Gasteiger partial charge on any atom is 0.240 e. The monoisotopic (exact) mass is 273 g/mol. The van der Waals surface area contributed by atoms with E-state index in [0.717, 1.165) is 18.9 Å². The van der Waals surface area contributed by atoms with Gasteiger partial charge in [0.15, 0.2) is 0 Å². The summed E-state index contributed by atoms with van der Waals surface area (Å²) in [6.45, 7) is 2.52. The standard InChI is InChI=1S/C12H16FNO3S/c1-9-7-10(13)4-5-12(9)18(15,16)14-8-11-3-2-6-17-11/h4-5,7,11,14H,2-3,6,8H2,1H3/t11-/m1/s1. The predicted molar refractivity (Wildman–Crippen MR) is 65.3 cm³/mol. The highest BCUT2D eigenvalue weighted by atomic mass is 32.2. The molecule has 1 aromatic rings. The number of aryl methyl sites for hydroxylation is 1. The zero-order valence-electron chi connectivity index (χ0n) is 10.1. The number of halogens is 1. The van der Waals surface area contributed by atoms with E-state index in [1.54, 1.807) is 6.92 Å². The Labute approximate surface area is 106 Å². The van der Waals surface area contributed by atoms with Crippen LogP contribution in [0.15, 0.2) is 23.1 Å². The molecule has 4 nitrogen and oxygen atoms in total. The second kappa shape index (κ2) is 5.34. The summed E-state index contributed by atoms with van der Waals surface area (Å²) in [5, 5.41) is 0. The van der Waals surface area contributed by atoms with Gasteiger partial charge in [-0.05, 0) is 43.5 Å². The van der Waals surface area contributed by atoms with Gasteiger partial charge in [-0.2, -0.15) is 0 Å². The Balaban J connectivity index is 2.09. The first-order valence-corrected chi connectivity index (χ1v) is 7.35. The molecular formula is C12H16FNO3S. The molecule has 0 amide bonds. The zero-order valence-corrected chi connectivity index (χ0v) is 11.0. The highest BCUT2D eigenvalue weighted by molar-refractivity contribution is 7.89. The van der Waals surface area contributed by atoms with Crippen molar-refractivity contribution in [2.24, 2.45) is 0 Å². The predicted octanol–water partition coefficient (Wildman–Crippen LogP) is 1.59. The molecule has 2 rings (SSSR count). The first-order chi connectivity index (χ1) is 8.49. The van der Waals surface area contributed by atoms with Crippen LogP contribution < -0.4 is 4.72 Å². The van der Waals surface area contributed by atoms with Gasteiger partial charge in [-0.1, -0.05) is 0 Å². The molecule has 1 aliphatic heterocycles. The van der Waals surface area contributed by atoms with Gasteiger partial charge in [-0.15, -0.1) is 0 Å². The molecule has 0 spiro atoms. The fraction of sp³-hybridized carbons (Fsp3) is 0.500. The minimum absolute atomic E-state index is 0.0551. The van der Waals surface area contributed by atoms with Crippen molar-refractivity contribution in [2.45, 2.75) is 30.8 Å². The average Bonchev–Trinajstić information content (AvgIpc) is 2.78. The molecule has 0 aliphatic carbocycles. The molecule has 1 saturated heterocycles. The second-order valence-electron chi connectivity index (χ2n) is 4.40. The largest absolute Gasteiger partial charge is 0.377 e. The number of sulfonamides is 1. The highest BCUT2D eigenvalue weighted by Crippen LogP contribution is 2.17. The Bertz CT molecular complexity index is 524. The molecule has 0 aromatic heterocycles. The van der Waals surface area contributed by atoms with Crippen molar-refractivity contribution < 1.29 is 17.5 Å². The lowest BCUT2D eigenvalue weighted by molar-refractivity contribution is 0.114. The van der Waals surface area contributed by atoms with E-state index in [1.807, 2.05) is 0 Å². The fourth-order valence-corrected chi connectivity index (χ4v) is 3.29. The summed E-state index contributed by atoms with van der Waals surface area (Å²) in [5.41, 5.74) is 0.398. The summed E-state index contributed by atoms with van der Waals surface area (Å²) in [6, 6.07) is 3.64.